The largest absolute Gasteiger partial charge is 0.391 e. The van der Waals surface area contributed by atoms with Gasteiger partial charge in [-0.1, -0.05) is 12.8 Å². The summed E-state index contributed by atoms with van der Waals surface area (Å²) in [5.41, 5.74) is 0.235. The van der Waals surface area contributed by atoms with E-state index in [9.17, 15) is 18.3 Å². The zero-order chi connectivity index (χ0) is 15.8. The summed E-state index contributed by atoms with van der Waals surface area (Å²) in [6.45, 7) is 0. The molecule has 1 aromatic rings. The molecule has 0 radical (unpaired) electrons. The van der Waals surface area contributed by atoms with E-state index in [0.29, 0.717) is 6.42 Å². The number of nitrogens with two attached hydrogens (primary N) is 1. The maximum atomic E-state index is 12.5. The van der Waals surface area contributed by atoms with Crippen molar-refractivity contribution in [3.05, 3.63) is 18.0 Å². The Balaban J connectivity index is 2.25. The number of nitrogens with zero attached hydrogens (tertiary/aromatic N) is 2. The van der Waals surface area contributed by atoms with Crippen LogP contribution in [0.15, 0.2) is 17.2 Å². The first-order valence-corrected chi connectivity index (χ1v) is 8.41. The average Bonchev–Trinajstić information content (AvgIpc) is 2.80. The Bertz CT molecular complexity index is 638. The minimum absolute atomic E-state index is 0.0917. The summed E-state index contributed by atoms with van der Waals surface area (Å²) < 4.78 is 24.1. The van der Waals surface area contributed by atoms with Gasteiger partial charge in [0.25, 0.3) is 5.91 Å². The fourth-order valence-electron chi connectivity index (χ4n) is 2.78. The number of aryl methyl sites for hydroxylation is 1. The number of hydrogen-bond acceptors (Lipinski definition) is 4. The molecule has 1 heterocycles. The second-order valence-electron chi connectivity index (χ2n) is 5.55. The van der Waals surface area contributed by atoms with Gasteiger partial charge in [0.2, 0.25) is 10.0 Å². The van der Waals surface area contributed by atoms with Crippen LogP contribution < -0.4 is 5.14 Å². The molecule has 7 nitrogen and oxygen atoms in total. The normalized spacial score (nSPS) is 23.0. The predicted molar refractivity (Wildman–Crippen MR) is 77.1 cm³/mol. The fraction of sp³-hybridized carbons (Fsp3) is 0.615. The lowest BCUT2D eigenvalue weighted by atomic mass is 9.91. The molecule has 0 bridgehead atoms. The molecule has 0 spiro atoms. The van der Waals surface area contributed by atoms with Crippen molar-refractivity contribution in [3.8, 4) is 0 Å². The number of rotatable bonds is 3. The Morgan fingerprint density at radius 2 is 2.05 bits per heavy atom. The van der Waals surface area contributed by atoms with Crippen molar-refractivity contribution in [2.45, 2.75) is 42.7 Å². The summed E-state index contributed by atoms with van der Waals surface area (Å²) in [4.78, 5) is 13.9. The first-order chi connectivity index (χ1) is 9.71. The third-order valence-electron chi connectivity index (χ3n) is 4.04. The van der Waals surface area contributed by atoms with Gasteiger partial charge in [-0.2, -0.15) is 0 Å². The van der Waals surface area contributed by atoms with E-state index in [4.69, 9.17) is 5.14 Å². The van der Waals surface area contributed by atoms with Gasteiger partial charge in [0.1, 0.15) is 10.6 Å². The van der Waals surface area contributed by atoms with Gasteiger partial charge in [0.05, 0.1) is 12.1 Å². The molecule has 1 aromatic heterocycles. The Morgan fingerprint density at radius 1 is 1.43 bits per heavy atom. The average molecular weight is 315 g/mol. The maximum Gasteiger partial charge on any atom is 0.270 e. The Morgan fingerprint density at radius 3 is 2.57 bits per heavy atom. The van der Waals surface area contributed by atoms with Crippen molar-refractivity contribution in [2.24, 2.45) is 12.2 Å². The molecule has 1 amide bonds. The molecule has 1 aliphatic carbocycles. The first-order valence-electron chi connectivity index (χ1n) is 6.86. The molecule has 0 saturated heterocycles. The number of carbonyl (C=O) groups excluding carboxylic acids is 1. The molecule has 3 N–H and O–H groups in total. The SMILES string of the molecule is CN(C(=O)c1cc(S(N)(=O)=O)cn1C)C1CCCCC1O. The topological polar surface area (TPSA) is 106 Å². The molecule has 21 heavy (non-hydrogen) atoms. The van der Waals surface area contributed by atoms with Gasteiger partial charge in [0, 0.05) is 20.3 Å². The highest BCUT2D eigenvalue weighted by atomic mass is 32.2. The van der Waals surface area contributed by atoms with Gasteiger partial charge in [0.15, 0.2) is 0 Å². The van der Waals surface area contributed by atoms with Crippen molar-refractivity contribution < 1.29 is 18.3 Å². The van der Waals surface area contributed by atoms with Crippen LogP contribution in [-0.2, 0) is 17.1 Å². The highest BCUT2D eigenvalue weighted by molar-refractivity contribution is 7.89. The Hall–Kier alpha value is -1.38. The van der Waals surface area contributed by atoms with E-state index in [1.807, 2.05) is 0 Å². The van der Waals surface area contributed by atoms with E-state index in [2.05, 4.69) is 0 Å². The summed E-state index contributed by atoms with van der Waals surface area (Å²) in [6, 6.07) is 1.03. The van der Waals surface area contributed by atoms with Gasteiger partial charge in [-0.3, -0.25) is 4.79 Å². The third-order valence-corrected chi connectivity index (χ3v) is 4.92. The number of hydrogen-bond donors (Lipinski definition) is 2. The Kier molecular flexibility index (Phi) is 4.40. The number of carbonyl (C=O) groups is 1. The molecule has 1 fully saturated rings. The van der Waals surface area contributed by atoms with Crippen LogP contribution in [0.2, 0.25) is 0 Å². The van der Waals surface area contributed by atoms with Crippen LogP contribution in [0.3, 0.4) is 0 Å². The molecule has 0 aliphatic heterocycles. The first kappa shape index (κ1) is 16.0. The molecule has 1 aliphatic rings. The van der Waals surface area contributed by atoms with E-state index < -0.39 is 16.1 Å². The molecule has 0 aromatic carbocycles. The van der Waals surface area contributed by atoms with Gasteiger partial charge < -0.3 is 14.6 Å². The van der Waals surface area contributed by atoms with Crippen LogP contribution in [0, 0.1) is 0 Å². The highest BCUT2D eigenvalue weighted by Gasteiger charge is 2.31. The molecule has 2 atom stereocenters. The molecule has 2 rings (SSSR count). The summed E-state index contributed by atoms with van der Waals surface area (Å²) in [5, 5.41) is 15.1. The number of aliphatic hydroxyl groups excluding tert-OH is 1. The number of aromatic nitrogens is 1. The van der Waals surface area contributed by atoms with Crippen molar-refractivity contribution in [1.82, 2.24) is 9.47 Å². The van der Waals surface area contributed by atoms with Crippen molar-refractivity contribution in [3.63, 3.8) is 0 Å². The van der Waals surface area contributed by atoms with Crippen LogP contribution in [0.4, 0.5) is 0 Å². The van der Waals surface area contributed by atoms with E-state index in [0.717, 1.165) is 19.3 Å². The van der Waals surface area contributed by atoms with Gasteiger partial charge in [-0.15, -0.1) is 0 Å². The molecule has 2 unspecified atom stereocenters. The number of primary sulfonamides is 1. The minimum Gasteiger partial charge on any atom is -0.391 e. The summed E-state index contributed by atoms with van der Waals surface area (Å²) in [7, 11) is -0.620. The Labute approximate surface area is 124 Å². The molecular formula is C13H21N3O4S. The van der Waals surface area contributed by atoms with Gasteiger partial charge in [-0.05, 0) is 18.9 Å². The molecule has 8 heteroatoms. The summed E-state index contributed by atoms with van der Waals surface area (Å²) in [6.07, 6.45) is 4.13. The molecular weight excluding hydrogens is 294 g/mol. The van der Waals surface area contributed by atoms with Crippen molar-refractivity contribution in [1.29, 1.82) is 0 Å². The van der Waals surface area contributed by atoms with Crippen LogP contribution >= 0.6 is 0 Å². The fourth-order valence-corrected chi connectivity index (χ4v) is 3.36. The monoisotopic (exact) mass is 315 g/mol. The van der Waals surface area contributed by atoms with Crippen LogP contribution in [0.25, 0.3) is 0 Å². The summed E-state index contributed by atoms with van der Waals surface area (Å²) >= 11 is 0. The number of amides is 1. The minimum atomic E-state index is -3.84. The molecule has 118 valence electrons. The van der Waals surface area contributed by atoms with E-state index in [1.54, 1.807) is 14.1 Å². The van der Waals surface area contributed by atoms with Crippen LogP contribution in [0.5, 0.6) is 0 Å². The summed E-state index contributed by atoms with van der Waals surface area (Å²) in [5.74, 6) is -0.321. The maximum absolute atomic E-state index is 12.5. The quantitative estimate of drug-likeness (QED) is 0.822. The zero-order valence-corrected chi connectivity index (χ0v) is 13.0. The van der Waals surface area contributed by atoms with E-state index in [1.165, 1.54) is 21.7 Å². The second kappa shape index (κ2) is 5.78. The number of sulfonamides is 1. The lowest BCUT2D eigenvalue weighted by molar-refractivity contribution is 0.0262. The smallest absolute Gasteiger partial charge is 0.270 e. The third kappa shape index (κ3) is 3.28. The van der Waals surface area contributed by atoms with Crippen molar-refractivity contribution >= 4 is 15.9 Å². The van der Waals surface area contributed by atoms with Gasteiger partial charge in [-0.25, -0.2) is 13.6 Å². The lowest BCUT2D eigenvalue weighted by Crippen LogP contribution is -2.46. The predicted octanol–water partition coefficient (Wildman–Crippen LogP) is 0.0480. The number of aliphatic hydroxyl groups is 1. The second-order valence-corrected chi connectivity index (χ2v) is 7.11. The van der Waals surface area contributed by atoms with E-state index >= 15 is 0 Å². The van der Waals surface area contributed by atoms with Crippen LogP contribution in [-0.4, -0.2) is 48.1 Å². The lowest BCUT2D eigenvalue weighted by Gasteiger charge is -2.35. The highest BCUT2D eigenvalue weighted by Crippen LogP contribution is 2.24. The van der Waals surface area contributed by atoms with E-state index in [-0.39, 0.29) is 22.5 Å². The standard InChI is InChI=1S/C13H21N3O4S/c1-15-8-9(21(14,19)20)7-11(15)13(18)16(2)10-5-3-4-6-12(10)17/h7-8,10,12,17H,3-6H2,1-2H3,(H2,14,19,20). The molecule has 1 saturated carbocycles. The van der Waals surface area contributed by atoms with Gasteiger partial charge >= 0.3 is 0 Å². The van der Waals surface area contributed by atoms with Crippen LogP contribution in [0.1, 0.15) is 36.2 Å². The zero-order valence-electron chi connectivity index (χ0n) is 12.2. The van der Waals surface area contributed by atoms with Crippen molar-refractivity contribution in [2.75, 3.05) is 7.05 Å². The number of likely N-dealkylation sites (N-methyl/N-ethyl adjacent to an activating group) is 1.